The highest BCUT2D eigenvalue weighted by atomic mass is 32.2. The largest absolute Gasteiger partial charge is 0.444 e. The van der Waals surface area contributed by atoms with Crippen LogP contribution in [0.4, 0.5) is 9.18 Å². The number of benzene rings is 1. The highest BCUT2D eigenvalue weighted by molar-refractivity contribution is 7.89. The van der Waals surface area contributed by atoms with Crippen LogP contribution in [0.25, 0.3) is 0 Å². The van der Waals surface area contributed by atoms with Gasteiger partial charge in [0.1, 0.15) is 16.3 Å². The molecule has 1 aliphatic carbocycles. The van der Waals surface area contributed by atoms with E-state index in [1.807, 2.05) is 0 Å². The van der Waals surface area contributed by atoms with Crippen molar-refractivity contribution in [3.8, 4) is 0 Å². The first-order valence-corrected chi connectivity index (χ1v) is 9.78. The molecule has 0 saturated heterocycles. The zero-order chi connectivity index (χ0) is 19.0. The molecule has 2 N–H and O–H groups in total. The smallest absolute Gasteiger partial charge is 0.411 e. The van der Waals surface area contributed by atoms with E-state index in [0.717, 1.165) is 31.4 Å². The molecule has 25 heavy (non-hydrogen) atoms. The summed E-state index contributed by atoms with van der Waals surface area (Å²) in [6.07, 6.45) is 2.29. The lowest BCUT2D eigenvalue weighted by Gasteiger charge is -2.42. The van der Waals surface area contributed by atoms with Gasteiger partial charge in [-0.3, -0.25) is 4.90 Å². The van der Waals surface area contributed by atoms with E-state index in [-0.39, 0.29) is 6.04 Å². The van der Waals surface area contributed by atoms with Crippen LogP contribution in [0.5, 0.6) is 0 Å². The van der Waals surface area contributed by atoms with E-state index in [4.69, 9.17) is 9.88 Å². The Morgan fingerprint density at radius 3 is 2.36 bits per heavy atom. The zero-order valence-electron chi connectivity index (χ0n) is 15.0. The Hall–Kier alpha value is -1.67. The predicted molar refractivity (Wildman–Crippen MR) is 91.9 cm³/mol. The summed E-state index contributed by atoms with van der Waals surface area (Å²) in [6.45, 7) is 7.13. The van der Waals surface area contributed by atoms with Crippen molar-refractivity contribution in [1.82, 2.24) is 4.90 Å². The number of hydrogen-bond acceptors (Lipinski definition) is 4. The molecular weight excluding hydrogens is 347 g/mol. The first-order chi connectivity index (χ1) is 11.4. The van der Waals surface area contributed by atoms with Gasteiger partial charge < -0.3 is 4.74 Å². The van der Waals surface area contributed by atoms with Gasteiger partial charge in [-0.2, -0.15) is 0 Å². The Kier molecular flexibility index (Phi) is 5.44. The van der Waals surface area contributed by atoms with E-state index < -0.39 is 38.5 Å². The molecule has 1 aromatic carbocycles. The fourth-order valence-corrected chi connectivity index (χ4v) is 3.36. The first-order valence-electron chi connectivity index (χ1n) is 8.24. The number of nitrogens with zero attached hydrogens (tertiary/aromatic N) is 1. The standard InChI is InChI=1S/C17H25FN2O4S/c1-11(12-8-9-15(14(18)10-12)25(19,22)23)20(13-6-5-7-13)16(21)24-17(2,3)4/h8-11,13H,5-7H2,1-4H3,(H2,19,22,23). The van der Waals surface area contributed by atoms with Gasteiger partial charge in [0.25, 0.3) is 0 Å². The number of primary sulfonamides is 1. The molecule has 1 unspecified atom stereocenters. The van der Waals surface area contributed by atoms with Crippen molar-refractivity contribution < 1.29 is 22.3 Å². The van der Waals surface area contributed by atoms with Gasteiger partial charge in [0.15, 0.2) is 0 Å². The van der Waals surface area contributed by atoms with Crippen LogP contribution in [-0.2, 0) is 14.8 Å². The maximum atomic E-state index is 14.1. The van der Waals surface area contributed by atoms with Gasteiger partial charge >= 0.3 is 6.09 Å². The van der Waals surface area contributed by atoms with Crippen LogP contribution in [0.3, 0.4) is 0 Å². The van der Waals surface area contributed by atoms with E-state index in [1.54, 1.807) is 32.6 Å². The van der Waals surface area contributed by atoms with Crippen molar-refractivity contribution in [3.63, 3.8) is 0 Å². The minimum atomic E-state index is -4.13. The topological polar surface area (TPSA) is 89.7 Å². The van der Waals surface area contributed by atoms with Gasteiger partial charge in [-0.25, -0.2) is 22.7 Å². The number of halogens is 1. The molecule has 2 rings (SSSR count). The summed E-state index contributed by atoms with van der Waals surface area (Å²) in [5.74, 6) is -0.926. The number of nitrogens with two attached hydrogens (primary N) is 1. The quantitative estimate of drug-likeness (QED) is 0.878. The molecule has 1 aromatic rings. The van der Waals surface area contributed by atoms with Crippen LogP contribution in [-0.4, -0.2) is 31.1 Å². The number of carbonyl (C=O) groups is 1. The van der Waals surface area contributed by atoms with Crippen LogP contribution in [0.1, 0.15) is 58.6 Å². The average molecular weight is 372 g/mol. The fraction of sp³-hybridized carbons (Fsp3) is 0.588. The average Bonchev–Trinajstić information content (AvgIpc) is 2.38. The van der Waals surface area contributed by atoms with Gasteiger partial charge in [0, 0.05) is 6.04 Å². The number of hydrogen-bond donors (Lipinski definition) is 1. The van der Waals surface area contributed by atoms with Gasteiger partial charge in [0.2, 0.25) is 10.0 Å². The van der Waals surface area contributed by atoms with E-state index in [1.165, 1.54) is 6.07 Å². The number of carbonyl (C=O) groups excluding carboxylic acids is 1. The van der Waals surface area contributed by atoms with Crippen molar-refractivity contribution >= 4 is 16.1 Å². The minimum Gasteiger partial charge on any atom is -0.444 e. The lowest BCUT2D eigenvalue weighted by molar-refractivity contribution is -0.00436. The van der Waals surface area contributed by atoms with Crippen LogP contribution in [0, 0.1) is 5.82 Å². The minimum absolute atomic E-state index is 0.0332. The normalized spacial score (nSPS) is 16.9. The summed E-state index contributed by atoms with van der Waals surface area (Å²) in [7, 11) is -4.13. The highest BCUT2D eigenvalue weighted by Crippen LogP contribution is 2.34. The van der Waals surface area contributed by atoms with Crippen molar-refractivity contribution in [1.29, 1.82) is 0 Å². The lowest BCUT2D eigenvalue weighted by Crippen LogP contribution is -2.47. The molecule has 1 atom stereocenters. The zero-order valence-corrected chi connectivity index (χ0v) is 15.8. The molecule has 6 nitrogen and oxygen atoms in total. The fourth-order valence-electron chi connectivity index (χ4n) is 2.77. The molecule has 1 amide bonds. The van der Waals surface area contributed by atoms with E-state index >= 15 is 0 Å². The Morgan fingerprint density at radius 2 is 1.96 bits per heavy atom. The van der Waals surface area contributed by atoms with E-state index in [9.17, 15) is 17.6 Å². The second kappa shape index (κ2) is 6.92. The summed E-state index contributed by atoms with van der Waals surface area (Å²) in [4.78, 5) is 13.7. The third-order valence-corrected chi connectivity index (χ3v) is 5.18. The number of ether oxygens (including phenoxy) is 1. The molecule has 0 aliphatic heterocycles. The summed E-state index contributed by atoms with van der Waals surface area (Å²) < 4.78 is 42.3. The maximum Gasteiger partial charge on any atom is 0.411 e. The molecule has 8 heteroatoms. The molecule has 0 spiro atoms. The summed E-state index contributed by atoms with van der Waals surface area (Å²) in [5, 5.41) is 4.99. The molecule has 1 fully saturated rings. The third kappa shape index (κ3) is 4.70. The van der Waals surface area contributed by atoms with E-state index in [0.29, 0.717) is 5.56 Å². The molecule has 0 aromatic heterocycles. The third-order valence-electron chi connectivity index (χ3n) is 4.23. The maximum absolute atomic E-state index is 14.1. The second-order valence-corrected chi connectivity index (χ2v) is 8.91. The number of sulfonamides is 1. The molecule has 0 bridgehead atoms. The van der Waals surface area contributed by atoms with Crippen molar-refractivity contribution in [2.75, 3.05) is 0 Å². The van der Waals surface area contributed by atoms with Crippen molar-refractivity contribution in [2.24, 2.45) is 5.14 Å². The summed E-state index contributed by atoms with van der Waals surface area (Å²) in [6, 6.07) is 3.30. The monoisotopic (exact) mass is 372 g/mol. The van der Waals surface area contributed by atoms with Crippen LogP contribution in [0.15, 0.2) is 23.1 Å². The van der Waals surface area contributed by atoms with E-state index in [2.05, 4.69) is 0 Å². The van der Waals surface area contributed by atoms with Crippen molar-refractivity contribution in [3.05, 3.63) is 29.6 Å². The Balaban J connectivity index is 2.32. The molecule has 1 saturated carbocycles. The molecule has 0 heterocycles. The number of rotatable bonds is 4. The van der Waals surface area contributed by atoms with Gasteiger partial charge in [0.05, 0.1) is 6.04 Å². The molecule has 0 radical (unpaired) electrons. The summed E-state index contributed by atoms with van der Waals surface area (Å²) in [5.41, 5.74) is -0.149. The number of amides is 1. The SMILES string of the molecule is CC(c1ccc(S(N)(=O)=O)c(F)c1)N(C(=O)OC(C)(C)C)C1CCC1. The lowest BCUT2D eigenvalue weighted by atomic mass is 9.89. The van der Waals surface area contributed by atoms with Crippen molar-refractivity contribution in [2.45, 2.75) is 69.5 Å². The Morgan fingerprint density at radius 1 is 1.36 bits per heavy atom. The van der Waals surface area contributed by atoms with Crippen LogP contribution < -0.4 is 5.14 Å². The second-order valence-electron chi connectivity index (χ2n) is 7.38. The highest BCUT2D eigenvalue weighted by Gasteiger charge is 2.36. The Bertz CT molecular complexity index is 754. The van der Waals surface area contributed by atoms with Gasteiger partial charge in [-0.05, 0) is 64.7 Å². The first kappa shape index (κ1) is 19.7. The predicted octanol–water partition coefficient (Wildman–Crippen LogP) is 3.32. The summed E-state index contributed by atoms with van der Waals surface area (Å²) >= 11 is 0. The van der Waals surface area contributed by atoms with Gasteiger partial charge in [-0.15, -0.1) is 0 Å². The molecular formula is C17H25FN2O4S. The molecule has 140 valence electrons. The molecule has 1 aliphatic rings. The van der Waals surface area contributed by atoms with Crippen LogP contribution in [0.2, 0.25) is 0 Å². The van der Waals surface area contributed by atoms with Gasteiger partial charge in [-0.1, -0.05) is 6.07 Å². The Labute approximate surface area is 148 Å². The van der Waals surface area contributed by atoms with Crippen LogP contribution >= 0.6 is 0 Å².